The Kier molecular flexibility index (Phi) is 4.42. The van der Waals surface area contributed by atoms with Gasteiger partial charge < -0.3 is 9.84 Å². The molecule has 0 aliphatic carbocycles. The highest BCUT2D eigenvalue weighted by Crippen LogP contribution is 2.27. The minimum absolute atomic E-state index is 0.0650. The average molecular weight is 295 g/mol. The standard InChI is InChI=1S/C9H14INO2/c1-6(12)8(5-11)9-3-2-7(4-10)13-9/h6-9,12H,2-4H2,1H3/t6-,7+,8-,9-/m0/s1. The van der Waals surface area contributed by atoms with Gasteiger partial charge in [-0.25, -0.2) is 0 Å². The highest BCUT2D eigenvalue weighted by molar-refractivity contribution is 14.1. The van der Waals surface area contributed by atoms with Crippen LogP contribution in [0.25, 0.3) is 0 Å². The summed E-state index contributed by atoms with van der Waals surface area (Å²) < 4.78 is 6.60. The van der Waals surface area contributed by atoms with E-state index in [1.165, 1.54) is 0 Å². The predicted molar refractivity (Wildman–Crippen MR) is 57.6 cm³/mol. The highest BCUT2D eigenvalue weighted by atomic mass is 127. The average Bonchev–Trinajstić information content (AvgIpc) is 2.53. The summed E-state index contributed by atoms with van der Waals surface area (Å²) in [6, 6.07) is 2.11. The maximum absolute atomic E-state index is 9.33. The highest BCUT2D eigenvalue weighted by Gasteiger charge is 2.33. The summed E-state index contributed by atoms with van der Waals surface area (Å²) in [5.41, 5.74) is 0. The van der Waals surface area contributed by atoms with Gasteiger partial charge in [-0.2, -0.15) is 5.26 Å². The fourth-order valence-electron chi connectivity index (χ4n) is 1.61. The Balaban J connectivity index is 2.49. The Morgan fingerprint density at radius 1 is 1.69 bits per heavy atom. The normalized spacial score (nSPS) is 32.5. The van der Waals surface area contributed by atoms with Crippen LogP contribution in [0.3, 0.4) is 0 Å². The first-order chi connectivity index (χ1) is 6.19. The first-order valence-electron chi connectivity index (χ1n) is 4.48. The first kappa shape index (κ1) is 11.2. The molecule has 1 aliphatic rings. The number of ether oxygens (including phenoxy) is 1. The third-order valence-electron chi connectivity index (χ3n) is 2.38. The molecule has 3 nitrogen and oxygen atoms in total. The van der Waals surface area contributed by atoms with E-state index < -0.39 is 6.10 Å². The van der Waals surface area contributed by atoms with Crippen LogP contribution in [0.2, 0.25) is 0 Å². The predicted octanol–water partition coefficient (Wildman–Crippen LogP) is 1.49. The molecule has 0 amide bonds. The van der Waals surface area contributed by atoms with Crippen LogP contribution in [-0.2, 0) is 4.74 Å². The Labute approximate surface area is 92.2 Å². The van der Waals surface area contributed by atoms with Gasteiger partial charge in [-0.15, -0.1) is 0 Å². The molecule has 4 atom stereocenters. The van der Waals surface area contributed by atoms with Crippen LogP contribution < -0.4 is 0 Å². The molecule has 1 N–H and O–H groups in total. The summed E-state index contributed by atoms with van der Waals surface area (Å²) in [5, 5.41) is 18.2. The molecule has 1 fully saturated rings. The molecule has 0 aromatic rings. The SMILES string of the molecule is C[C@H](O)[C@H](C#N)[C@@H]1CC[C@H](CI)O1. The zero-order chi connectivity index (χ0) is 9.84. The van der Waals surface area contributed by atoms with E-state index in [-0.39, 0.29) is 18.1 Å². The Morgan fingerprint density at radius 2 is 2.38 bits per heavy atom. The number of nitrogens with zero attached hydrogens (tertiary/aromatic N) is 1. The molecular formula is C9H14INO2. The lowest BCUT2D eigenvalue weighted by Crippen LogP contribution is -2.29. The van der Waals surface area contributed by atoms with Crippen molar-refractivity contribution in [3.8, 4) is 6.07 Å². The summed E-state index contributed by atoms with van der Waals surface area (Å²) in [6.45, 7) is 1.65. The van der Waals surface area contributed by atoms with E-state index in [1.807, 2.05) is 0 Å². The molecule has 0 bridgehead atoms. The zero-order valence-electron chi connectivity index (χ0n) is 7.61. The number of hydrogen-bond acceptors (Lipinski definition) is 3. The molecule has 0 radical (unpaired) electrons. The molecule has 13 heavy (non-hydrogen) atoms. The lowest BCUT2D eigenvalue weighted by Gasteiger charge is -2.19. The molecular weight excluding hydrogens is 281 g/mol. The fourth-order valence-corrected chi connectivity index (χ4v) is 2.26. The summed E-state index contributed by atoms with van der Waals surface area (Å²) in [7, 11) is 0. The Bertz CT molecular complexity index is 202. The summed E-state index contributed by atoms with van der Waals surface area (Å²) in [5.74, 6) is -0.368. The summed E-state index contributed by atoms with van der Waals surface area (Å²) in [4.78, 5) is 0. The molecule has 0 aromatic heterocycles. The topological polar surface area (TPSA) is 53.2 Å². The van der Waals surface area contributed by atoms with E-state index in [4.69, 9.17) is 10.00 Å². The van der Waals surface area contributed by atoms with E-state index >= 15 is 0 Å². The lowest BCUT2D eigenvalue weighted by atomic mass is 9.96. The van der Waals surface area contributed by atoms with Gasteiger partial charge in [0.05, 0.1) is 30.3 Å². The van der Waals surface area contributed by atoms with Gasteiger partial charge in [0.2, 0.25) is 0 Å². The summed E-state index contributed by atoms with van der Waals surface area (Å²) in [6.07, 6.45) is 1.53. The molecule has 0 saturated carbocycles. The number of halogens is 1. The molecule has 74 valence electrons. The van der Waals surface area contributed by atoms with Crippen LogP contribution in [0.15, 0.2) is 0 Å². The number of aliphatic hydroxyl groups is 1. The maximum Gasteiger partial charge on any atom is 0.0981 e. The maximum atomic E-state index is 9.33. The van der Waals surface area contributed by atoms with Gasteiger partial charge in [0.15, 0.2) is 0 Å². The van der Waals surface area contributed by atoms with Crippen molar-refractivity contribution in [1.82, 2.24) is 0 Å². The van der Waals surface area contributed by atoms with Gasteiger partial charge >= 0.3 is 0 Å². The number of hydrogen-bond donors (Lipinski definition) is 1. The molecule has 1 rings (SSSR count). The number of rotatable bonds is 3. The minimum Gasteiger partial charge on any atom is -0.392 e. The van der Waals surface area contributed by atoms with Crippen molar-refractivity contribution in [2.24, 2.45) is 5.92 Å². The fraction of sp³-hybridized carbons (Fsp3) is 0.889. The molecule has 1 aliphatic heterocycles. The molecule has 0 unspecified atom stereocenters. The largest absolute Gasteiger partial charge is 0.392 e. The van der Waals surface area contributed by atoms with E-state index in [0.29, 0.717) is 0 Å². The second kappa shape index (κ2) is 5.13. The van der Waals surface area contributed by atoms with Crippen molar-refractivity contribution in [2.75, 3.05) is 4.43 Å². The van der Waals surface area contributed by atoms with Crippen LogP contribution in [0.1, 0.15) is 19.8 Å². The van der Waals surface area contributed by atoms with Gasteiger partial charge in [-0.3, -0.25) is 0 Å². The second-order valence-corrected chi connectivity index (χ2v) is 4.30. The van der Waals surface area contributed by atoms with Crippen LogP contribution in [0, 0.1) is 17.2 Å². The molecule has 4 heteroatoms. The van der Waals surface area contributed by atoms with Crippen LogP contribution in [0.5, 0.6) is 0 Å². The van der Waals surface area contributed by atoms with Gasteiger partial charge in [0, 0.05) is 4.43 Å². The quantitative estimate of drug-likeness (QED) is 0.634. The van der Waals surface area contributed by atoms with Crippen molar-refractivity contribution >= 4 is 22.6 Å². The van der Waals surface area contributed by atoms with Gasteiger partial charge in [0.1, 0.15) is 0 Å². The third-order valence-corrected chi connectivity index (χ3v) is 3.36. The minimum atomic E-state index is -0.594. The van der Waals surface area contributed by atoms with Crippen molar-refractivity contribution in [3.63, 3.8) is 0 Å². The van der Waals surface area contributed by atoms with Crippen molar-refractivity contribution in [1.29, 1.82) is 5.26 Å². The van der Waals surface area contributed by atoms with Crippen molar-refractivity contribution in [2.45, 2.75) is 38.1 Å². The zero-order valence-corrected chi connectivity index (χ0v) is 9.77. The molecule has 0 aromatic carbocycles. The lowest BCUT2D eigenvalue weighted by molar-refractivity contribution is -0.000631. The van der Waals surface area contributed by atoms with Crippen LogP contribution in [-0.4, -0.2) is 27.8 Å². The smallest absolute Gasteiger partial charge is 0.0981 e. The number of nitriles is 1. The van der Waals surface area contributed by atoms with Gasteiger partial charge in [-0.05, 0) is 19.8 Å². The summed E-state index contributed by atoms with van der Waals surface area (Å²) >= 11 is 2.28. The molecule has 0 spiro atoms. The van der Waals surface area contributed by atoms with E-state index in [1.54, 1.807) is 6.92 Å². The van der Waals surface area contributed by atoms with Crippen LogP contribution >= 0.6 is 22.6 Å². The monoisotopic (exact) mass is 295 g/mol. The van der Waals surface area contributed by atoms with E-state index in [2.05, 4.69) is 28.7 Å². The first-order valence-corrected chi connectivity index (χ1v) is 6.00. The second-order valence-electron chi connectivity index (χ2n) is 3.42. The van der Waals surface area contributed by atoms with Crippen molar-refractivity contribution < 1.29 is 9.84 Å². The Hall–Kier alpha value is 0.140. The number of aliphatic hydroxyl groups excluding tert-OH is 1. The third kappa shape index (κ3) is 2.79. The Morgan fingerprint density at radius 3 is 2.77 bits per heavy atom. The van der Waals surface area contributed by atoms with Gasteiger partial charge in [-0.1, -0.05) is 22.6 Å². The van der Waals surface area contributed by atoms with Gasteiger partial charge in [0.25, 0.3) is 0 Å². The van der Waals surface area contributed by atoms with Crippen LogP contribution in [0.4, 0.5) is 0 Å². The van der Waals surface area contributed by atoms with Crippen molar-refractivity contribution in [3.05, 3.63) is 0 Å². The number of alkyl halides is 1. The van der Waals surface area contributed by atoms with E-state index in [0.717, 1.165) is 17.3 Å². The van der Waals surface area contributed by atoms with E-state index in [9.17, 15) is 5.11 Å². The molecule has 1 saturated heterocycles. The molecule has 1 heterocycles.